The van der Waals surface area contributed by atoms with Crippen LogP contribution in [0.3, 0.4) is 0 Å². The molecule has 0 heterocycles. The van der Waals surface area contributed by atoms with Gasteiger partial charge in [0, 0.05) is 20.1 Å². The van der Waals surface area contributed by atoms with Crippen molar-refractivity contribution in [3.8, 4) is 11.5 Å². The highest BCUT2D eigenvalue weighted by atomic mass is 16.5. The lowest BCUT2D eigenvalue weighted by molar-refractivity contribution is 0.0644. The number of rotatable bonds is 8. The van der Waals surface area contributed by atoms with Gasteiger partial charge in [0.1, 0.15) is 11.5 Å². The largest absolute Gasteiger partial charge is 0.508 e. The van der Waals surface area contributed by atoms with Crippen LogP contribution < -0.4 is 4.74 Å². The number of benzene rings is 2. The molecular formula is C16H20O4. The number of aromatic hydroxyl groups is 1. The lowest BCUT2D eigenvalue weighted by atomic mass is 10.1. The molecule has 0 spiro atoms. The van der Waals surface area contributed by atoms with Gasteiger partial charge >= 0.3 is 0 Å². The summed E-state index contributed by atoms with van der Waals surface area (Å²) >= 11 is 0. The van der Waals surface area contributed by atoms with Gasteiger partial charge in [-0.1, -0.05) is 12.1 Å². The summed E-state index contributed by atoms with van der Waals surface area (Å²) in [6.07, 6.45) is 0.835. The van der Waals surface area contributed by atoms with E-state index in [0.717, 1.165) is 22.9 Å². The van der Waals surface area contributed by atoms with Crippen LogP contribution in [0.4, 0.5) is 0 Å². The number of hydrogen-bond acceptors (Lipinski definition) is 4. The van der Waals surface area contributed by atoms with E-state index in [9.17, 15) is 5.11 Å². The van der Waals surface area contributed by atoms with Crippen LogP contribution in [0.15, 0.2) is 36.4 Å². The van der Waals surface area contributed by atoms with E-state index >= 15 is 0 Å². The summed E-state index contributed by atoms with van der Waals surface area (Å²) in [5.41, 5.74) is 0. The minimum atomic E-state index is 0.265. The fourth-order valence-electron chi connectivity index (χ4n) is 1.90. The monoisotopic (exact) mass is 276 g/mol. The topological polar surface area (TPSA) is 47.9 Å². The molecule has 2 rings (SSSR count). The third-order valence-electron chi connectivity index (χ3n) is 2.93. The van der Waals surface area contributed by atoms with Crippen molar-refractivity contribution < 1.29 is 19.3 Å². The van der Waals surface area contributed by atoms with Gasteiger partial charge in [-0.2, -0.15) is 0 Å². The fraction of sp³-hybridized carbons (Fsp3) is 0.375. The van der Waals surface area contributed by atoms with Crippen molar-refractivity contribution in [1.82, 2.24) is 0 Å². The first-order valence-electron chi connectivity index (χ1n) is 6.72. The third kappa shape index (κ3) is 4.40. The van der Waals surface area contributed by atoms with E-state index in [-0.39, 0.29) is 5.75 Å². The Hall–Kier alpha value is -1.78. The molecule has 0 aliphatic heterocycles. The van der Waals surface area contributed by atoms with Crippen molar-refractivity contribution in [2.75, 3.05) is 33.5 Å². The van der Waals surface area contributed by atoms with E-state index < -0.39 is 0 Å². The molecule has 0 saturated carbocycles. The number of hydrogen-bond donors (Lipinski definition) is 1. The minimum absolute atomic E-state index is 0.265. The number of phenols is 1. The highest BCUT2D eigenvalue weighted by molar-refractivity contribution is 5.85. The van der Waals surface area contributed by atoms with Crippen LogP contribution in [0.1, 0.15) is 6.42 Å². The summed E-state index contributed by atoms with van der Waals surface area (Å²) in [7, 11) is 1.66. The maximum atomic E-state index is 9.47. The molecular weight excluding hydrogens is 256 g/mol. The van der Waals surface area contributed by atoms with Crippen molar-refractivity contribution in [2.45, 2.75) is 6.42 Å². The predicted octanol–water partition coefficient (Wildman–Crippen LogP) is 2.98. The standard InChI is InChI=1S/C16H20O4/c1-18-9-10-19-7-2-8-20-16-6-4-13-3-5-15(17)11-14(13)12-16/h3-6,11-12,17H,2,7-10H2,1H3. The second kappa shape index (κ2) is 7.72. The summed E-state index contributed by atoms with van der Waals surface area (Å²) in [5.74, 6) is 1.07. The third-order valence-corrected chi connectivity index (χ3v) is 2.93. The highest BCUT2D eigenvalue weighted by Gasteiger charge is 1.99. The molecule has 0 fully saturated rings. The summed E-state index contributed by atoms with van der Waals surface area (Å²) in [6.45, 7) is 2.51. The molecule has 20 heavy (non-hydrogen) atoms. The Morgan fingerprint density at radius 3 is 2.60 bits per heavy atom. The smallest absolute Gasteiger partial charge is 0.119 e. The SMILES string of the molecule is COCCOCCCOc1ccc2ccc(O)cc2c1. The van der Waals surface area contributed by atoms with Crippen LogP contribution in [-0.2, 0) is 9.47 Å². The summed E-state index contributed by atoms with van der Waals surface area (Å²) in [6, 6.07) is 11.2. The molecule has 1 N–H and O–H groups in total. The van der Waals surface area contributed by atoms with Crippen LogP contribution >= 0.6 is 0 Å². The molecule has 4 nitrogen and oxygen atoms in total. The Kier molecular flexibility index (Phi) is 5.65. The van der Waals surface area contributed by atoms with E-state index in [1.54, 1.807) is 19.2 Å². The number of phenolic OH excluding ortho intramolecular Hbond substituents is 1. The average Bonchev–Trinajstić information content (AvgIpc) is 2.46. The molecule has 2 aromatic rings. The van der Waals surface area contributed by atoms with Gasteiger partial charge in [-0.15, -0.1) is 0 Å². The molecule has 0 amide bonds. The van der Waals surface area contributed by atoms with Gasteiger partial charge in [-0.05, 0) is 35.0 Å². The first-order valence-corrected chi connectivity index (χ1v) is 6.72. The lowest BCUT2D eigenvalue weighted by Gasteiger charge is -2.08. The van der Waals surface area contributed by atoms with Gasteiger partial charge < -0.3 is 19.3 Å². The number of methoxy groups -OCH3 is 1. The fourth-order valence-corrected chi connectivity index (χ4v) is 1.90. The Labute approximate surface area is 118 Å². The van der Waals surface area contributed by atoms with Crippen molar-refractivity contribution in [3.05, 3.63) is 36.4 Å². The molecule has 0 saturated heterocycles. The van der Waals surface area contributed by atoms with Gasteiger partial charge in [-0.25, -0.2) is 0 Å². The molecule has 108 valence electrons. The van der Waals surface area contributed by atoms with E-state index in [2.05, 4.69) is 0 Å². The zero-order valence-corrected chi connectivity index (χ0v) is 11.7. The van der Waals surface area contributed by atoms with Crippen LogP contribution in [-0.4, -0.2) is 38.6 Å². The zero-order valence-electron chi connectivity index (χ0n) is 11.7. The van der Waals surface area contributed by atoms with Gasteiger partial charge in [0.15, 0.2) is 0 Å². The maximum absolute atomic E-state index is 9.47. The first kappa shape index (κ1) is 14.6. The van der Waals surface area contributed by atoms with E-state index in [4.69, 9.17) is 14.2 Å². The molecule has 2 aromatic carbocycles. The molecule has 0 aliphatic carbocycles. The van der Waals surface area contributed by atoms with E-state index in [1.165, 1.54) is 0 Å². The first-order chi connectivity index (χ1) is 9.79. The van der Waals surface area contributed by atoms with Crippen LogP contribution in [0.5, 0.6) is 11.5 Å². The molecule has 0 bridgehead atoms. The number of ether oxygens (including phenoxy) is 3. The normalized spacial score (nSPS) is 10.8. The van der Waals surface area contributed by atoms with Gasteiger partial charge in [0.05, 0.1) is 19.8 Å². The maximum Gasteiger partial charge on any atom is 0.119 e. The van der Waals surface area contributed by atoms with Gasteiger partial charge in [-0.3, -0.25) is 0 Å². The second-order valence-electron chi connectivity index (χ2n) is 4.50. The molecule has 0 aliphatic rings. The Balaban J connectivity index is 1.78. The Bertz CT molecular complexity index is 539. The van der Waals surface area contributed by atoms with Gasteiger partial charge in [0.2, 0.25) is 0 Å². The van der Waals surface area contributed by atoms with Crippen molar-refractivity contribution >= 4 is 10.8 Å². The molecule has 0 unspecified atom stereocenters. The van der Waals surface area contributed by atoms with Crippen molar-refractivity contribution in [2.24, 2.45) is 0 Å². The van der Waals surface area contributed by atoms with E-state index in [0.29, 0.717) is 26.4 Å². The summed E-state index contributed by atoms with van der Waals surface area (Å²) < 4.78 is 15.9. The molecule has 0 radical (unpaired) electrons. The second-order valence-corrected chi connectivity index (χ2v) is 4.50. The molecule has 0 aromatic heterocycles. The van der Waals surface area contributed by atoms with Crippen molar-refractivity contribution in [1.29, 1.82) is 0 Å². The Morgan fingerprint density at radius 2 is 1.75 bits per heavy atom. The van der Waals surface area contributed by atoms with Crippen molar-refractivity contribution in [3.63, 3.8) is 0 Å². The molecule has 4 heteroatoms. The minimum Gasteiger partial charge on any atom is -0.508 e. The summed E-state index contributed by atoms with van der Waals surface area (Å²) in [5, 5.41) is 11.5. The van der Waals surface area contributed by atoms with Crippen LogP contribution in [0, 0.1) is 0 Å². The zero-order chi connectivity index (χ0) is 14.2. The molecule has 0 atom stereocenters. The number of fused-ring (bicyclic) bond motifs is 1. The average molecular weight is 276 g/mol. The highest BCUT2D eigenvalue weighted by Crippen LogP contribution is 2.24. The predicted molar refractivity (Wildman–Crippen MR) is 78.4 cm³/mol. The van der Waals surface area contributed by atoms with E-state index in [1.807, 2.05) is 24.3 Å². The Morgan fingerprint density at radius 1 is 0.900 bits per heavy atom. The summed E-state index contributed by atoms with van der Waals surface area (Å²) in [4.78, 5) is 0. The lowest BCUT2D eigenvalue weighted by Crippen LogP contribution is -2.06. The quantitative estimate of drug-likeness (QED) is 0.753. The van der Waals surface area contributed by atoms with Crippen LogP contribution in [0.25, 0.3) is 10.8 Å². The van der Waals surface area contributed by atoms with Crippen LogP contribution in [0.2, 0.25) is 0 Å². The van der Waals surface area contributed by atoms with Gasteiger partial charge in [0.25, 0.3) is 0 Å².